The largest absolute Gasteiger partial charge is 0.277 e. The van der Waals surface area contributed by atoms with E-state index in [1.54, 1.807) is 0 Å². The summed E-state index contributed by atoms with van der Waals surface area (Å²) in [7, 11) is 1.09. The Morgan fingerprint density at radius 3 is 3.12 bits per heavy atom. The van der Waals surface area contributed by atoms with E-state index in [0.29, 0.717) is 0 Å². The van der Waals surface area contributed by atoms with Gasteiger partial charge in [-0.25, -0.2) is 0 Å². The molecule has 0 N–H and O–H groups in total. The van der Waals surface area contributed by atoms with Crippen molar-refractivity contribution in [3.05, 3.63) is 12.2 Å². The summed E-state index contributed by atoms with van der Waals surface area (Å²) in [6, 6.07) is 0. The fourth-order valence-electron chi connectivity index (χ4n) is 0.855. The average molecular weight is 107 g/mol. The van der Waals surface area contributed by atoms with Crippen LogP contribution in [0.25, 0.3) is 0 Å². The molecular weight excluding hydrogens is 96.9 g/mol. The molecule has 0 bridgehead atoms. The number of rotatable bonds is 2. The molecular formula is C6H10BN. The van der Waals surface area contributed by atoms with Crippen LogP contribution in [-0.4, -0.2) is 12.9 Å². The molecule has 0 amide bonds. The molecule has 2 heteroatoms. The van der Waals surface area contributed by atoms with Crippen LogP contribution in [0.5, 0.6) is 0 Å². The third-order valence-corrected chi connectivity index (χ3v) is 1.25. The maximum atomic E-state index is 4.16. The van der Waals surface area contributed by atoms with Gasteiger partial charge in [0.1, 0.15) is 0 Å². The summed E-state index contributed by atoms with van der Waals surface area (Å²) >= 11 is 0. The zero-order chi connectivity index (χ0) is 5.82. The lowest BCUT2D eigenvalue weighted by molar-refractivity contribution is 1.00. The Kier molecular flexibility index (Phi) is 1.89. The second-order valence-corrected chi connectivity index (χ2v) is 2.03. The average Bonchev–Trinajstić information content (AvgIpc) is 2.19. The van der Waals surface area contributed by atoms with Gasteiger partial charge in [-0.3, -0.25) is 4.99 Å². The van der Waals surface area contributed by atoms with Crippen LogP contribution in [0.15, 0.2) is 17.2 Å². The Labute approximate surface area is 50.8 Å². The summed E-state index contributed by atoms with van der Waals surface area (Å²) in [5.41, 5.74) is 1.34. The Bertz CT molecular complexity index is 126. The monoisotopic (exact) mass is 107 g/mol. The van der Waals surface area contributed by atoms with Crippen molar-refractivity contribution in [2.24, 2.45) is 4.99 Å². The lowest BCUT2D eigenvalue weighted by Crippen LogP contribution is -2.01. The van der Waals surface area contributed by atoms with E-state index < -0.39 is 0 Å². The lowest BCUT2D eigenvalue weighted by Gasteiger charge is -1.90. The van der Waals surface area contributed by atoms with Crippen molar-refractivity contribution in [2.45, 2.75) is 19.8 Å². The van der Waals surface area contributed by atoms with E-state index >= 15 is 0 Å². The highest BCUT2D eigenvalue weighted by Gasteiger charge is 1.99. The van der Waals surface area contributed by atoms with Crippen molar-refractivity contribution in [1.29, 1.82) is 0 Å². The molecule has 0 aromatic carbocycles. The van der Waals surface area contributed by atoms with Crippen molar-refractivity contribution in [3.63, 3.8) is 0 Å². The zero-order valence-electron chi connectivity index (χ0n) is 5.22. The first kappa shape index (κ1) is 5.61. The number of aliphatic imine (C=N–C) groups is 1. The van der Waals surface area contributed by atoms with Gasteiger partial charge in [0.2, 0.25) is 7.28 Å². The van der Waals surface area contributed by atoms with Crippen LogP contribution in [0.2, 0.25) is 0 Å². The van der Waals surface area contributed by atoms with Crippen molar-refractivity contribution in [2.75, 3.05) is 0 Å². The summed E-state index contributed by atoms with van der Waals surface area (Å²) in [5, 5.41) is 0. The van der Waals surface area contributed by atoms with Crippen LogP contribution in [0.3, 0.4) is 0 Å². The van der Waals surface area contributed by atoms with Gasteiger partial charge in [0.15, 0.2) is 0 Å². The molecule has 0 fully saturated rings. The normalized spacial score (nSPS) is 15.9. The van der Waals surface area contributed by atoms with Crippen LogP contribution in [-0.2, 0) is 0 Å². The summed E-state index contributed by atoms with van der Waals surface area (Å²) in [6.07, 6.45) is 4.29. The quantitative estimate of drug-likeness (QED) is 0.468. The molecule has 42 valence electrons. The SMILES string of the molecule is CCCC1=NC=CB1. The van der Waals surface area contributed by atoms with E-state index in [2.05, 4.69) is 17.9 Å². The highest BCUT2D eigenvalue weighted by molar-refractivity contribution is 6.80. The molecule has 0 radical (unpaired) electrons. The molecule has 1 heterocycles. The van der Waals surface area contributed by atoms with E-state index in [1.165, 1.54) is 18.5 Å². The first-order valence-corrected chi connectivity index (χ1v) is 3.14. The van der Waals surface area contributed by atoms with Gasteiger partial charge in [0, 0.05) is 6.20 Å². The van der Waals surface area contributed by atoms with Gasteiger partial charge in [-0.05, 0) is 12.0 Å². The van der Waals surface area contributed by atoms with Crippen LogP contribution >= 0.6 is 0 Å². The van der Waals surface area contributed by atoms with E-state index in [1.807, 2.05) is 6.20 Å². The van der Waals surface area contributed by atoms with Gasteiger partial charge in [0.25, 0.3) is 0 Å². The van der Waals surface area contributed by atoms with Crippen molar-refractivity contribution < 1.29 is 0 Å². The van der Waals surface area contributed by atoms with E-state index in [-0.39, 0.29) is 0 Å². The van der Waals surface area contributed by atoms with Gasteiger partial charge >= 0.3 is 0 Å². The van der Waals surface area contributed by atoms with Crippen molar-refractivity contribution in [3.8, 4) is 0 Å². The van der Waals surface area contributed by atoms with E-state index in [0.717, 1.165) is 7.28 Å². The third-order valence-electron chi connectivity index (χ3n) is 1.25. The first-order chi connectivity index (χ1) is 3.93. The minimum Gasteiger partial charge on any atom is -0.277 e. The molecule has 0 aromatic heterocycles. The van der Waals surface area contributed by atoms with Crippen LogP contribution in [0, 0.1) is 0 Å². The zero-order valence-corrected chi connectivity index (χ0v) is 5.22. The second kappa shape index (κ2) is 2.70. The van der Waals surface area contributed by atoms with Crippen molar-refractivity contribution in [1.82, 2.24) is 0 Å². The predicted molar refractivity (Wildman–Crippen MR) is 38.6 cm³/mol. The Morgan fingerprint density at radius 2 is 2.62 bits per heavy atom. The summed E-state index contributed by atoms with van der Waals surface area (Å²) in [5.74, 6) is 2.10. The molecule has 0 saturated carbocycles. The third kappa shape index (κ3) is 1.22. The van der Waals surface area contributed by atoms with E-state index in [4.69, 9.17) is 0 Å². The molecule has 0 unspecified atom stereocenters. The summed E-state index contributed by atoms with van der Waals surface area (Å²) in [6.45, 7) is 2.18. The Morgan fingerprint density at radius 1 is 1.75 bits per heavy atom. The van der Waals surface area contributed by atoms with Gasteiger partial charge < -0.3 is 0 Å². The molecule has 0 spiro atoms. The lowest BCUT2D eigenvalue weighted by atomic mass is 9.73. The molecule has 8 heavy (non-hydrogen) atoms. The van der Waals surface area contributed by atoms with Gasteiger partial charge in [-0.15, -0.1) is 0 Å². The fraction of sp³-hybridized carbons (Fsp3) is 0.500. The van der Waals surface area contributed by atoms with Crippen LogP contribution in [0.4, 0.5) is 0 Å². The summed E-state index contributed by atoms with van der Waals surface area (Å²) < 4.78 is 0. The standard InChI is InChI=1S/C6H10BN/c1-2-3-6-7-4-5-8-6/h4-5,7H,2-3H2,1H3. The number of hydrogen-bond acceptors (Lipinski definition) is 1. The second-order valence-electron chi connectivity index (χ2n) is 2.03. The smallest absolute Gasteiger partial charge is 0.203 e. The fourth-order valence-corrected chi connectivity index (χ4v) is 0.855. The molecule has 0 aliphatic carbocycles. The molecule has 0 atom stereocenters. The Balaban J connectivity index is 2.28. The molecule has 0 aromatic rings. The molecule has 1 aliphatic rings. The summed E-state index contributed by atoms with van der Waals surface area (Å²) in [4.78, 5) is 4.16. The van der Waals surface area contributed by atoms with E-state index in [9.17, 15) is 0 Å². The molecule has 1 rings (SSSR count). The topological polar surface area (TPSA) is 12.4 Å². The highest BCUT2D eigenvalue weighted by atomic mass is 14.7. The minimum atomic E-state index is 1.09. The van der Waals surface area contributed by atoms with Crippen molar-refractivity contribution >= 4 is 12.9 Å². The number of hydrogen-bond donors (Lipinski definition) is 0. The molecule has 1 nitrogen and oxygen atoms in total. The van der Waals surface area contributed by atoms with Crippen LogP contribution in [0.1, 0.15) is 19.8 Å². The first-order valence-electron chi connectivity index (χ1n) is 3.14. The predicted octanol–water partition coefficient (Wildman–Crippen LogP) is 1.11. The molecule has 0 saturated heterocycles. The number of nitrogens with zero attached hydrogens (tertiary/aromatic N) is 1. The van der Waals surface area contributed by atoms with Gasteiger partial charge in [-0.1, -0.05) is 19.3 Å². The minimum absolute atomic E-state index is 1.09. The maximum Gasteiger partial charge on any atom is 0.203 e. The highest BCUT2D eigenvalue weighted by Crippen LogP contribution is 1.97. The Hall–Kier alpha value is -0.525. The maximum absolute atomic E-state index is 4.16. The molecule has 1 aliphatic heterocycles. The van der Waals surface area contributed by atoms with Gasteiger partial charge in [0.05, 0.1) is 0 Å². The van der Waals surface area contributed by atoms with Gasteiger partial charge in [-0.2, -0.15) is 0 Å². The van der Waals surface area contributed by atoms with Crippen LogP contribution < -0.4 is 0 Å².